The zero-order valence-electron chi connectivity index (χ0n) is 14.5. The Balaban J connectivity index is 1.82. The minimum Gasteiger partial charge on any atom is -0.345 e. The Kier molecular flexibility index (Phi) is 5.51. The Bertz CT molecular complexity index is 555. The molecule has 1 aliphatic carbocycles. The topological polar surface area (TPSA) is 61.6 Å². The van der Waals surface area contributed by atoms with Gasteiger partial charge in [-0.1, -0.05) is 39.5 Å². The molecule has 1 aromatic carbocycles. The number of rotatable bonds is 5. The number of fused-ring (bicyclic) bond motifs is 1. The molecular weight excluding hydrogens is 306 g/mol. The van der Waals surface area contributed by atoms with Gasteiger partial charge in [0.05, 0.1) is 17.1 Å². The van der Waals surface area contributed by atoms with E-state index in [1.807, 2.05) is 0 Å². The maximum atomic E-state index is 10.8. The molecule has 1 saturated heterocycles. The number of ether oxygens (including phenoxy) is 2. The van der Waals surface area contributed by atoms with Crippen molar-refractivity contribution in [3.8, 4) is 0 Å². The van der Waals surface area contributed by atoms with Crippen molar-refractivity contribution in [2.24, 2.45) is 11.8 Å². The molecule has 4 atom stereocenters. The maximum absolute atomic E-state index is 10.8. The second-order valence-corrected chi connectivity index (χ2v) is 6.98. The number of non-ortho nitro benzene ring substituents is 1. The highest BCUT2D eigenvalue weighted by molar-refractivity contribution is 5.33. The summed E-state index contributed by atoms with van der Waals surface area (Å²) < 4.78 is 12.6. The molecular formula is C19H27NO4. The van der Waals surface area contributed by atoms with Gasteiger partial charge in [-0.15, -0.1) is 0 Å². The minimum absolute atomic E-state index is 0.0987. The van der Waals surface area contributed by atoms with Crippen molar-refractivity contribution in [2.75, 3.05) is 0 Å². The van der Waals surface area contributed by atoms with E-state index < -0.39 is 6.29 Å². The summed E-state index contributed by atoms with van der Waals surface area (Å²) in [5.74, 6) is 1.03. The summed E-state index contributed by atoms with van der Waals surface area (Å²) in [6.45, 7) is 4.46. The Hall–Kier alpha value is -1.46. The van der Waals surface area contributed by atoms with Crippen molar-refractivity contribution in [1.29, 1.82) is 0 Å². The van der Waals surface area contributed by atoms with Crippen molar-refractivity contribution in [2.45, 2.75) is 70.9 Å². The van der Waals surface area contributed by atoms with Crippen LogP contribution in [0.15, 0.2) is 24.3 Å². The van der Waals surface area contributed by atoms with Crippen LogP contribution >= 0.6 is 0 Å². The van der Waals surface area contributed by atoms with Gasteiger partial charge in [-0.05, 0) is 30.9 Å². The van der Waals surface area contributed by atoms with Crippen LogP contribution in [0.2, 0.25) is 0 Å². The quantitative estimate of drug-likeness (QED) is 0.561. The molecule has 1 aliphatic heterocycles. The largest absolute Gasteiger partial charge is 0.345 e. The monoisotopic (exact) mass is 333 g/mol. The van der Waals surface area contributed by atoms with E-state index in [0.29, 0.717) is 11.8 Å². The summed E-state index contributed by atoms with van der Waals surface area (Å²) in [6, 6.07) is 6.58. The lowest BCUT2D eigenvalue weighted by molar-refractivity contribution is -0.384. The fourth-order valence-corrected chi connectivity index (χ4v) is 4.23. The van der Waals surface area contributed by atoms with Gasteiger partial charge in [0.25, 0.3) is 5.69 Å². The molecule has 24 heavy (non-hydrogen) atoms. The van der Waals surface area contributed by atoms with Crippen LogP contribution in [0.4, 0.5) is 5.69 Å². The average Bonchev–Trinajstić information content (AvgIpc) is 2.62. The Morgan fingerprint density at radius 3 is 2.42 bits per heavy atom. The van der Waals surface area contributed by atoms with E-state index in [0.717, 1.165) is 24.8 Å². The standard InChI is InChI=1S/C19H27NO4/c1-3-13(4-2)18-16-7-5-6-8-17(16)23-19(24-18)14-9-11-15(12-10-14)20(21)22/h9-13,16-19H,3-8H2,1-2H3/t16-,17+,18+,19-/m1/s1. The lowest BCUT2D eigenvalue weighted by Crippen LogP contribution is -2.47. The third kappa shape index (κ3) is 3.47. The molecule has 1 heterocycles. The van der Waals surface area contributed by atoms with E-state index in [9.17, 15) is 10.1 Å². The number of nitro groups is 1. The molecule has 3 rings (SSSR count). The lowest BCUT2D eigenvalue weighted by Gasteiger charge is -2.47. The molecule has 1 aromatic rings. The molecule has 1 saturated carbocycles. The van der Waals surface area contributed by atoms with Crippen LogP contribution < -0.4 is 0 Å². The average molecular weight is 333 g/mol. The van der Waals surface area contributed by atoms with Crippen molar-refractivity contribution in [3.63, 3.8) is 0 Å². The van der Waals surface area contributed by atoms with Crippen molar-refractivity contribution in [1.82, 2.24) is 0 Å². The zero-order valence-corrected chi connectivity index (χ0v) is 14.5. The molecule has 0 spiro atoms. The molecule has 2 aliphatic rings. The predicted octanol–water partition coefficient (Wildman–Crippen LogP) is 5.00. The molecule has 5 nitrogen and oxygen atoms in total. The Morgan fingerprint density at radius 1 is 1.12 bits per heavy atom. The number of nitrogens with zero attached hydrogens (tertiary/aromatic N) is 1. The summed E-state index contributed by atoms with van der Waals surface area (Å²) in [4.78, 5) is 10.5. The third-order valence-electron chi connectivity index (χ3n) is 5.64. The van der Waals surface area contributed by atoms with Gasteiger partial charge in [0.1, 0.15) is 0 Å². The van der Waals surface area contributed by atoms with E-state index in [2.05, 4.69) is 13.8 Å². The van der Waals surface area contributed by atoms with Gasteiger partial charge in [0, 0.05) is 23.6 Å². The Labute approximate surface area is 143 Å². The summed E-state index contributed by atoms with van der Waals surface area (Å²) in [5.41, 5.74) is 0.974. The van der Waals surface area contributed by atoms with Crippen molar-refractivity contribution < 1.29 is 14.4 Å². The van der Waals surface area contributed by atoms with Gasteiger partial charge in [-0.25, -0.2) is 0 Å². The Morgan fingerprint density at radius 2 is 1.79 bits per heavy atom. The van der Waals surface area contributed by atoms with Gasteiger partial charge in [-0.2, -0.15) is 0 Å². The number of benzene rings is 1. The fraction of sp³-hybridized carbons (Fsp3) is 0.684. The molecule has 0 radical (unpaired) electrons. The van der Waals surface area contributed by atoms with E-state index in [1.54, 1.807) is 12.1 Å². The first kappa shape index (κ1) is 17.4. The summed E-state index contributed by atoms with van der Waals surface area (Å²) in [6.07, 6.45) is 7.02. The van der Waals surface area contributed by atoms with E-state index >= 15 is 0 Å². The lowest BCUT2D eigenvalue weighted by atomic mass is 9.76. The molecule has 0 aromatic heterocycles. The highest BCUT2D eigenvalue weighted by atomic mass is 16.7. The molecule has 132 valence electrons. The van der Waals surface area contributed by atoms with Gasteiger partial charge >= 0.3 is 0 Å². The number of nitro benzene ring substituents is 1. The molecule has 0 amide bonds. The first-order chi connectivity index (χ1) is 11.6. The third-order valence-corrected chi connectivity index (χ3v) is 5.64. The van der Waals surface area contributed by atoms with Crippen molar-refractivity contribution >= 4 is 5.69 Å². The second-order valence-electron chi connectivity index (χ2n) is 6.98. The molecule has 0 unspecified atom stereocenters. The number of hydrogen-bond donors (Lipinski definition) is 0. The molecule has 0 bridgehead atoms. The van der Waals surface area contributed by atoms with Gasteiger partial charge in [-0.3, -0.25) is 10.1 Å². The first-order valence-electron chi connectivity index (χ1n) is 9.19. The molecule has 0 N–H and O–H groups in total. The minimum atomic E-state index is -0.407. The van der Waals surface area contributed by atoms with E-state index in [1.165, 1.54) is 31.4 Å². The normalized spacial score (nSPS) is 30.1. The van der Waals surface area contributed by atoms with Gasteiger partial charge in [0.2, 0.25) is 0 Å². The summed E-state index contributed by atoms with van der Waals surface area (Å²) >= 11 is 0. The van der Waals surface area contributed by atoms with E-state index in [-0.39, 0.29) is 22.8 Å². The van der Waals surface area contributed by atoms with Crippen LogP contribution in [0, 0.1) is 22.0 Å². The summed E-state index contributed by atoms with van der Waals surface area (Å²) in [7, 11) is 0. The van der Waals surface area contributed by atoms with Gasteiger partial charge in [0.15, 0.2) is 6.29 Å². The first-order valence-corrected chi connectivity index (χ1v) is 9.19. The van der Waals surface area contributed by atoms with Crippen LogP contribution in [0.25, 0.3) is 0 Å². The second kappa shape index (κ2) is 7.62. The van der Waals surface area contributed by atoms with Crippen LogP contribution in [0.3, 0.4) is 0 Å². The highest BCUT2D eigenvalue weighted by Gasteiger charge is 2.43. The van der Waals surface area contributed by atoms with E-state index in [4.69, 9.17) is 9.47 Å². The zero-order chi connectivity index (χ0) is 17.1. The van der Waals surface area contributed by atoms with Gasteiger partial charge < -0.3 is 9.47 Å². The fourth-order valence-electron chi connectivity index (χ4n) is 4.23. The van der Waals surface area contributed by atoms with Crippen LogP contribution in [0.5, 0.6) is 0 Å². The number of hydrogen-bond acceptors (Lipinski definition) is 4. The summed E-state index contributed by atoms with van der Waals surface area (Å²) in [5, 5.41) is 10.8. The van der Waals surface area contributed by atoms with Crippen molar-refractivity contribution in [3.05, 3.63) is 39.9 Å². The molecule has 5 heteroatoms. The van der Waals surface area contributed by atoms with Crippen LogP contribution in [0.1, 0.15) is 64.2 Å². The molecule has 2 fully saturated rings. The highest BCUT2D eigenvalue weighted by Crippen LogP contribution is 2.44. The smallest absolute Gasteiger partial charge is 0.269 e. The maximum Gasteiger partial charge on any atom is 0.269 e. The van der Waals surface area contributed by atoms with Crippen LogP contribution in [-0.2, 0) is 9.47 Å². The predicted molar refractivity (Wildman–Crippen MR) is 91.6 cm³/mol. The van der Waals surface area contributed by atoms with Crippen LogP contribution in [-0.4, -0.2) is 17.1 Å². The SMILES string of the molecule is CCC(CC)[C@@H]1O[C@H](c2ccc([N+](=O)[O-])cc2)O[C@H]2CCCC[C@H]21.